The lowest BCUT2D eigenvalue weighted by molar-refractivity contribution is -0.136. The molecule has 1 unspecified atom stereocenters. The molecule has 54 heavy (non-hydrogen) atoms. The Hall–Kier alpha value is -5.34. The van der Waals surface area contributed by atoms with E-state index in [1.165, 1.54) is 12.1 Å². The zero-order chi connectivity index (χ0) is 37.6. The molecule has 3 aliphatic rings. The van der Waals surface area contributed by atoms with Crippen molar-refractivity contribution in [1.29, 1.82) is 0 Å². The number of H-pyrrole nitrogens is 1. The number of aromatic nitrogens is 3. The summed E-state index contributed by atoms with van der Waals surface area (Å²) in [4.78, 5) is 78.6. The van der Waals surface area contributed by atoms with Crippen molar-refractivity contribution in [3.63, 3.8) is 0 Å². The summed E-state index contributed by atoms with van der Waals surface area (Å²) in [7, 11) is 0. The zero-order valence-electron chi connectivity index (χ0n) is 29.9. The molecule has 0 saturated carbocycles. The van der Waals surface area contributed by atoms with Crippen molar-refractivity contribution in [2.75, 3.05) is 38.1 Å². The molecule has 0 bridgehead atoms. The summed E-state index contributed by atoms with van der Waals surface area (Å²) >= 11 is 6.53. The Bertz CT molecular complexity index is 2070. The predicted octanol–water partition coefficient (Wildman–Crippen LogP) is 4.70. The maximum atomic E-state index is 13.2. The third kappa shape index (κ3) is 8.24. The minimum Gasteiger partial charge on any atom is -0.483 e. The first kappa shape index (κ1) is 37.0. The van der Waals surface area contributed by atoms with Crippen LogP contribution in [0.1, 0.15) is 78.5 Å². The second kappa shape index (κ2) is 16.8. The van der Waals surface area contributed by atoms with Crippen molar-refractivity contribution in [3.05, 3.63) is 71.0 Å². The molecule has 15 heteroatoms. The first-order valence-electron chi connectivity index (χ1n) is 18.6. The van der Waals surface area contributed by atoms with E-state index in [4.69, 9.17) is 21.3 Å². The van der Waals surface area contributed by atoms with Crippen molar-refractivity contribution >= 4 is 58.0 Å². The number of hydrogen-bond acceptors (Lipinski definition) is 10. The highest BCUT2D eigenvalue weighted by atomic mass is 35.5. The van der Waals surface area contributed by atoms with Gasteiger partial charge in [0.1, 0.15) is 11.8 Å². The topological polar surface area (TPSA) is 179 Å². The number of benzene rings is 2. The second-order valence-electron chi connectivity index (χ2n) is 14.0. The van der Waals surface area contributed by atoms with Gasteiger partial charge < -0.3 is 25.3 Å². The molecule has 5 amide bonds. The lowest BCUT2D eigenvalue weighted by Gasteiger charge is -2.33. The van der Waals surface area contributed by atoms with Gasteiger partial charge in [0.15, 0.2) is 6.61 Å². The molecular formula is C39H43ClN8O6. The number of hydrogen-bond donors (Lipinski definition) is 4. The van der Waals surface area contributed by atoms with E-state index in [1.807, 2.05) is 24.4 Å². The van der Waals surface area contributed by atoms with Crippen molar-refractivity contribution < 1.29 is 28.7 Å². The third-order valence-electron chi connectivity index (χ3n) is 10.2. The Morgan fingerprint density at radius 2 is 1.80 bits per heavy atom. The van der Waals surface area contributed by atoms with Gasteiger partial charge in [0.05, 0.1) is 28.0 Å². The van der Waals surface area contributed by atoms with Crippen molar-refractivity contribution in [2.45, 2.75) is 69.9 Å². The van der Waals surface area contributed by atoms with Gasteiger partial charge in [-0.3, -0.25) is 34.2 Å². The van der Waals surface area contributed by atoms with Crippen LogP contribution in [-0.2, 0) is 14.4 Å². The number of amides is 5. The highest BCUT2D eigenvalue weighted by Gasteiger charge is 2.46. The number of nitrogens with zero attached hydrogens (tertiary/aromatic N) is 4. The summed E-state index contributed by atoms with van der Waals surface area (Å²) < 4.78 is 5.67. The van der Waals surface area contributed by atoms with Gasteiger partial charge in [-0.25, -0.2) is 9.97 Å². The summed E-state index contributed by atoms with van der Waals surface area (Å²) in [6, 6.07) is 11.8. The van der Waals surface area contributed by atoms with E-state index < -0.39 is 29.7 Å². The fourth-order valence-electron chi connectivity index (χ4n) is 7.47. The lowest BCUT2D eigenvalue weighted by Crippen LogP contribution is -2.54. The normalized spacial score (nSPS) is 18.9. The molecule has 7 rings (SSSR count). The summed E-state index contributed by atoms with van der Waals surface area (Å²) in [5.74, 6) is -2.09. The number of halogens is 1. The molecule has 4 aromatic rings. The second-order valence-corrected chi connectivity index (χ2v) is 14.4. The van der Waals surface area contributed by atoms with Gasteiger partial charge in [0.2, 0.25) is 17.8 Å². The molecule has 3 aliphatic heterocycles. The Morgan fingerprint density at radius 1 is 0.963 bits per heavy atom. The molecule has 14 nitrogen and oxygen atoms in total. The van der Waals surface area contributed by atoms with Crippen LogP contribution in [0.15, 0.2) is 54.9 Å². The van der Waals surface area contributed by atoms with Crippen LogP contribution < -0.4 is 20.7 Å². The average molecular weight is 755 g/mol. The Labute approximate surface area is 317 Å². The molecule has 0 aliphatic carbocycles. The van der Waals surface area contributed by atoms with Gasteiger partial charge in [-0.05, 0) is 63.4 Å². The van der Waals surface area contributed by atoms with E-state index in [1.54, 1.807) is 12.3 Å². The fourth-order valence-corrected chi connectivity index (χ4v) is 7.66. The number of fused-ring (bicyclic) bond motifs is 2. The molecule has 0 radical (unpaired) electrons. The summed E-state index contributed by atoms with van der Waals surface area (Å²) in [6.45, 7) is 3.21. The molecule has 0 spiro atoms. The molecule has 282 valence electrons. The molecule has 5 heterocycles. The number of carbonyl (C=O) groups excluding carboxylic acids is 5. The first-order valence-corrected chi connectivity index (χ1v) is 19.0. The zero-order valence-corrected chi connectivity index (χ0v) is 30.6. The van der Waals surface area contributed by atoms with Crippen molar-refractivity contribution in [1.82, 2.24) is 35.4 Å². The molecule has 2 saturated heterocycles. The van der Waals surface area contributed by atoms with Crippen LogP contribution in [0.2, 0.25) is 5.02 Å². The van der Waals surface area contributed by atoms with E-state index in [0.29, 0.717) is 23.2 Å². The Balaban J connectivity index is 0.784. The van der Waals surface area contributed by atoms with Gasteiger partial charge in [0, 0.05) is 48.2 Å². The number of aromatic amines is 1. The van der Waals surface area contributed by atoms with Crippen molar-refractivity contribution in [2.24, 2.45) is 0 Å². The van der Waals surface area contributed by atoms with E-state index in [9.17, 15) is 24.0 Å². The number of carbonyl (C=O) groups is 5. The standard InChI is InChI=1S/C39H43ClN8O6/c40-28-21-43-39(46-35(28)27-20-42-29-13-5-4-11-25(27)29)44-24-10-9-19-47(22-24)18-7-3-1-2-6-17-41-33(50)23-54-31-14-8-12-26-34(31)38(53)48(37(26)52)30-15-16-32(49)45-36(30)51/h4-5,8,11-14,20-21,24,30,42H,1-3,6-7,9-10,15-19,22-23H2,(H,41,50)(H,43,44,46)(H,45,49,51)/t24-,30?/m1/s1. The number of ether oxygens (including phenoxy) is 1. The van der Waals surface area contributed by atoms with E-state index >= 15 is 0 Å². The smallest absolute Gasteiger partial charge is 0.266 e. The van der Waals surface area contributed by atoms with Crippen molar-refractivity contribution in [3.8, 4) is 17.0 Å². The lowest BCUT2D eigenvalue weighted by atomic mass is 10.0. The molecule has 4 N–H and O–H groups in total. The summed E-state index contributed by atoms with van der Waals surface area (Å²) in [6.07, 6.45) is 10.9. The molecule has 2 aromatic heterocycles. The van der Waals surface area contributed by atoms with Crippen LogP contribution in [-0.4, -0.2) is 99.2 Å². The molecule has 2 fully saturated rings. The molecule has 2 aromatic carbocycles. The van der Waals surface area contributed by atoms with Crippen LogP contribution >= 0.6 is 11.6 Å². The molecular weight excluding hydrogens is 712 g/mol. The van der Waals surface area contributed by atoms with E-state index in [0.717, 1.165) is 85.9 Å². The van der Waals surface area contributed by atoms with Gasteiger partial charge in [0.25, 0.3) is 17.7 Å². The first-order chi connectivity index (χ1) is 26.3. The fraction of sp³-hybridized carbons (Fsp3) is 0.410. The maximum absolute atomic E-state index is 13.2. The number of unbranched alkanes of at least 4 members (excludes halogenated alkanes) is 4. The highest BCUT2D eigenvalue weighted by Crippen LogP contribution is 2.34. The van der Waals surface area contributed by atoms with Crippen LogP contribution in [0.4, 0.5) is 5.95 Å². The number of piperidine rings is 2. The van der Waals surface area contributed by atoms with Gasteiger partial charge in [-0.1, -0.05) is 55.1 Å². The number of rotatable bonds is 15. The van der Waals surface area contributed by atoms with Gasteiger partial charge in [-0.15, -0.1) is 0 Å². The Morgan fingerprint density at radius 3 is 2.67 bits per heavy atom. The monoisotopic (exact) mass is 754 g/mol. The quantitative estimate of drug-likeness (QED) is 0.0982. The SMILES string of the molecule is O=C(COc1cccc2c1C(=O)N(C1CCC(=O)NC1=O)C2=O)NCCCCCCCN1CCC[C@@H](Nc2ncc(Cl)c(-c3c[nH]c4ccccc34)n2)C1. The minimum absolute atomic E-state index is 0.0165. The van der Waals surface area contributed by atoms with Gasteiger partial charge in [-0.2, -0.15) is 0 Å². The van der Waals surface area contributed by atoms with Crippen LogP contribution in [0.25, 0.3) is 22.2 Å². The van der Waals surface area contributed by atoms with Crippen LogP contribution in [0.5, 0.6) is 5.75 Å². The number of anilines is 1. The number of nitrogens with one attached hydrogen (secondary N) is 4. The van der Waals surface area contributed by atoms with E-state index in [2.05, 4.69) is 36.9 Å². The van der Waals surface area contributed by atoms with E-state index in [-0.39, 0.29) is 48.3 Å². The third-order valence-corrected chi connectivity index (χ3v) is 10.5. The summed E-state index contributed by atoms with van der Waals surface area (Å²) in [5, 5.41) is 10.2. The summed E-state index contributed by atoms with van der Waals surface area (Å²) in [5.41, 5.74) is 2.81. The van der Waals surface area contributed by atoms with Gasteiger partial charge >= 0.3 is 0 Å². The predicted molar refractivity (Wildman–Crippen MR) is 202 cm³/mol. The van der Waals surface area contributed by atoms with Crippen LogP contribution in [0, 0.1) is 0 Å². The maximum Gasteiger partial charge on any atom is 0.266 e. The number of likely N-dealkylation sites (tertiary alicyclic amines) is 1. The number of imide groups is 2. The Kier molecular flexibility index (Phi) is 11.5. The average Bonchev–Trinajstić information content (AvgIpc) is 3.71. The highest BCUT2D eigenvalue weighted by molar-refractivity contribution is 6.33. The minimum atomic E-state index is -1.08. The number of para-hydroxylation sites is 1. The molecule has 2 atom stereocenters. The van der Waals surface area contributed by atoms with Crippen LogP contribution in [0.3, 0.4) is 0 Å². The largest absolute Gasteiger partial charge is 0.483 e.